The molecule has 18 heavy (non-hydrogen) atoms. The maximum absolute atomic E-state index is 8.67. The fourth-order valence-corrected chi connectivity index (χ4v) is 1.53. The molecule has 0 spiro atoms. The van der Waals surface area contributed by atoms with Gasteiger partial charge in [0.2, 0.25) is 0 Å². The summed E-state index contributed by atoms with van der Waals surface area (Å²) >= 11 is 0. The average molecular weight is 238 g/mol. The first-order valence-electron chi connectivity index (χ1n) is 5.54. The molecular formula is C14H14N4. The molecule has 0 unspecified atom stereocenters. The van der Waals surface area contributed by atoms with Gasteiger partial charge in [0.1, 0.15) is 0 Å². The molecule has 0 atom stereocenters. The first kappa shape index (κ1) is 13.7. The van der Waals surface area contributed by atoms with E-state index in [-0.39, 0.29) is 13.1 Å². The van der Waals surface area contributed by atoms with Crippen molar-refractivity contribution in [1.82, 2.24) is 4.90 Å². The van der Waals surface area contributed by atoms with E-state index in [0.29, 0.717) is 13.1 Å². The topological polar surface area (TPSA) is 76.8 Å². The minimum Gasteiger partial charge on any atom is -0.320 e. The zero-order valence-electron chi connectivity index (χ0n) is 10.1. The summed E-state index contributed by atoms with van der Waals surface area (Å²) in [7, 11) is 0. The number of hydrogen-bond acceptors (Lipinski definition) is 4. The van der Waals surface area contributed by atoms with Gasteiger partial charge in [0.05, 0.1) is 31.8 Å². The second-order valence-electron chi connectivity index (χ2n) is 3.67. The Bertz CT molecular complexity index is 509. The van der Waals surface area contributed by atoms with Gasteiger partial charge in [0.25, 0.3) is 0 Å². The lowest BCUT2D eigenvalue weighted by Crippen LogP contribution is -2.23. The van der Waals surface area contributed by atoms with Gasteiger partial charge < -0.3 is 5.73 Å². The fraction of sp³-hybridized carbons (Fsp3) is 0.286. The summed E-state index contributed by atoms with van der Waals surface area (Å²) in [5.74, 6) is 5.75. The Kier molecular flexibility index (Phi) is 6.01. The highest BCUT2D eigenvalue weighted by atomic mass is 15.1. The molecule has 0 aliphatic heterocycles. The molecule has 1 aromatic rings. The molecule has 90 valence electrons. The van der Waals surface area contributed by atoms with Crippen LogP contribution in [0, 0.1) is 34.5 Å². The van der Waals surface area contributed by atoms with Crippen LogP contribution in [0.3, 0.4) is 0 Å². The molecule has 2 N–H and O–H groups in total. The summed E-state index contributed by atoms with van der Waals surface area (Å²) in [6.45, 7) is 1.39. The third-order valence-electron chi connectivity index (χ3n) is 2.26. The van der Waals surface area contributed by atoms with Gasteiger partial charge in [0.15, 0.2) is 0 Å². The monoisotopic (exact) mass is 238 g/mol. The standard InChI is InChI=1S/C14H14N4/c15-6-2-5-13-3-1-4-14(11-13)12-18(9-7-16)10-8-17/h1,3-4,11H,6,9-10,12,15H2. The van der Waals surface area contributed by atoms with Crippen molar-refractivity contribution >= 4 is 0 Å². The Labute approximate surface area is 107 Å². The van der Waals surface area contributed by atoms with E-state index >= 15 is 0 Å². The molecule has 0 aliphatic carbocycles. The number of nitrogens with zero attached hydrogens (tertiary/aromatic N) is 3. The molecule has 0 amide bonds. The Balaban J connectivity index is 2.77. The van der Waals surface area contributed by atoms with Crippen LogP contribution < -0.4 is 5.73 Å². The minimum atomic E-state index is 0.242. The quantitative estimate of drug-likeness (QED) is 0.623. The molecule has 0 bridgehead atoms. The van der Waals surface area contributed by atoms with Gasteiger partial charge in [-0.15, -0.1) is 0 Å². The number of benzene rings is 1. The van der Waals surface area contributed by atoms with Crippen molar-refractivity contribution in [3.63, 3.8) is 0 Å². The molecule has 4 heteroatoms. The Morgan fingerprint density at radius 1 is 1.17 bits per heavy atom. The Hall–Kier alpha value is -2.32. The maximum atomic E-state index is 8.67. The SMILES string of the molecule is N#CCN(CC#N)Cc1cccc(C#CCN)c1. The molecule has 0 heterocycles. The van der Waals surface area contributed by atoms with Crippen LogP contribution in [0.2, 0.25) is 0 Å². The summed E-state index contributed by atoms with van der Waals surface area (Å²) in [5.41, 5.74) is 7.25. The van der Waals surface area contributed by atoms with E-state index in [9.17, 15) is 0 Å². The van der Waals surface area contributed by atoms with E-state index in [1.54, 1.807) is 4.90 Å². The molecular weight excluding hydrogens is 224 g/mol. The van der Waals surface area contributed by atoms with Crippen LogP contribution in [0.5, 0.6) is 0 Å². The van der Waals surface area contributed by atoms with Crippen LogP contribution in [0.15, 0.2) is 24.3 Å². The molecule has 0 radical (unpaired) electrons. The van der Waals surface area contributed by atoms with E-state index < -0.39 is 0 Å². The van der Waals surface area contributed by atoms with E-state index in [1.165, 1.54) is 0 Å². The van der Waals surface area contributed by atoms with Gasteiger partial charge in [-0.1, -0.05) is 24.0 Å². The summed E-state index contributed by atoms with van der Waals surface area (Å²) in [6, 6.07) is 11.8. The highest BCUT2D eigenvalue weighted by Gasteiger charge is 2.04. The highest BCUT2D eigenvalue weighted by Crippen LogP contribution is 2.07. The Morgan fingerprint density at radius 2 is 1.89 bits per heavy atom. The molecule has 0 fully saturated rings. The highest BCUT2D eigenvalue weighted by molar-refractivity contribution is 5.37. The maximum Gasteiger partial charge on any atom is 0.0877 e. The molecule has 4 nitrogen and oxygen atoms in total. The van der Waals surface area contributed by atoms with Crippen LogP contribution in [-0.2, 0) is 6.54 Å². The molecule has 1 rings (SSSR count). The van der Waals surface area contributed by atoms with Crippen molar-refractivity contribution in [3.8, 4) is 24.0 Å². The predicted octanol–water partition coefficient (Wildman–Crippen LogP) is 0.846. The van der Waals surface area contributed by atoms with Crippen molar-refractivity contribution in [2.24, 2.45) is 5.73 Å². The van der Waals surface area contributed by atoms with Gasteiger partial charge >= 0.3 is 0 Å². The zero-order valence-corrected chi connectivity index (χ0v) is 10.1. The molecule has 0 aliphatic rings. The number of hydrogen-bond donors (Lipinski definition) is 1. The first-order chi connectivity index (χ1) is 8.80. The van der Waals surface area contributed by atoms with E-state index in [0.717, 1.165) is 11.1 Å². The fourth-order valence-electron chi connectivity index (χ4n) is 1.53. The van der Waals surface area contributed by atoms with Gasteiger partial charge in [-0.05, 0) is 17.7 Å². The molecule has 0 saturated heterocycles. The largest absolute Gasteiger partial charge is 0.320 e. The van der Waals surface area contributed by atoms with Crippen LogP contribution in [0.25, 0.3) is 0 Å². The summed E-state index contributed by atoms with van der Waals surface area (Å²) in [6.07, 6.45) is 0. The van der Waals surface area contributed by atoms with Crippen molar-refractivity contribution in [3.05, 3.63) is 35.4 Å². The average Bonchev–Trinajstić information content (AvgIpc) is 2.37. The second kappa shape index (κ2) is 7.87. The first-order valence-corrected chi connectivity index (χ1v) is 5.54. The molecule has 0 saturated carbocycles. The van der Waals surface area contributed by atoms with Crippen molar-refractivity contribution in [1.29, 1.82) is 10.5 Å². The van der Waals surface area contributed by atoms with E-state index in [2.05, 4.69) is 24.0 Å². The zero-order chi connectivity index (χ0) is 13.2. The van der Waals surface area contributed by atoms with E-state index in [4.69, 9.17) is 16.3 Å². The Morgan fingerprint density at radius 3 is 2.50 bits per heavy atom. The van der Waals surface area contributed by atoms with E-state index in [1.807, 2.05) is 24.3 Å². The smallest absolute Gasteiger partial charge is 0.0877 e. The number of rotatable bonds is 4. The summed E-state index contributed by atoms with van der Waals surface area (Å²) < 4.78 is 0. The van der Waals surface area contributed by atoms with Crippen LogP contribution in [0.1, 0.15) is 11.1 Å². The summed E-state index contributed by atoms with van der Waals surface area (Å²) in [5, 5.41) is 17.3. The summed E-state index contributed by atoms with van der Waals surface area (Å²) in [4.78, 5) is 1.77. The van der Waals surface area contributed by atoms with Gasteiger partial charge in [0, 0.05) is 12.1 Å². The van der Waals surface area contributed by atoms with Gasteiger partial charge in [-0.3, -0.25) is 4.90 Å². The minimum absolute atomic E-state index is 0.242. The lowest BCUT2D eigenvalue weighted by molar-refractivity contribution is 0.335. The lowest BCUT2D eigenvalue weighted by atomic mass is 10.1. The third-order valence-corrected chi connectivity index (χ3v) is 2.26. The van der Waals surface area contributed by atoms with Crippen molar-refractivity contribution < 1.29 is 0 Å². The van der Waals surface area contributed by atoms with Gasteiger partial charge in [-0.2, -0.15) is 10.5 Å². The van der Waals surface area contributed by atoms with Gasteiger partial charge in [-0.25, -0.2) is 0 Å². The number of nitriles is 2. The lowest BCUT2D eigenvalue weighted by Gasteiger charge is -2.15. The van der Waals surface area contributed by atoms with Crippen LogP contribution in [-0.4, -0.2) is 24.5 Å². The molecule has 1 aromatic carbocycles. The number of nitrogens with two attached hydrogens (primary N) is 1. The van der Waals surface area contributed by atoms with Crippen LogP contribution >= 0.6 is 0 Å². The second-order valence-corrected chi connectivity index (χ2v) is 3.67. The van der Waals surface area contributed by atoms with Crippen LogP contribution in [0.4, 0.5) is 0 Å². The van der Waals surface area contributed by atoms with Crippen molar-refractivity contribution in [2.45, 2.75) is 6.54 Å². The van der Waals surface area contributed by atoms with Crippen molar-refractivity contribution in [2.75, 3.05) is 19.6 Å². The molecule has 0 aromatic heterocycles. The normalized spacial score (nSPS) is 9.11. The third kappa shape index (κ3) is 4.68. The predicted molar refractivity (Wildman–Crippen MR) is 68.9 cm³/mol.